The van der Waals surface area contributed by atoms with Gasteiger partial charge in [0.2, 0.25) is 5.91 Å². The Labute approximate surface area is 250 Å². The van der Waals surface area contributed by atoms with Gasteiger partial charge in [-0.3, -0.25) is 19.8 Å². The molecule has 1 unspecified atom stereocenters. The third-order valence-corrected chi connectivity index (χ3v) is 8.12. The minimum atomic E-state index is -0.855. The lowest BCUT2D eigenvalue weighted by molar-refractivity contribution is -0.135. The molecule has 4 rings (SSSR count). The van der Waals surface area contributed by atoms with E-state index in [2.05, 4.69) is 22.8 Å². The van der Waals surface area contributed by atoms with Crippen molar-refractivity contribution in [3.63, 3.8) is 0 Å². The monoisotopic (exact) mass is 597 g/mol. The number of unbranched alkanes of at least 4 members (excludes halogenated alkanes) is 1. The van der Waals surface area contributed by atoms with Gasteiger partial charge in [0.1, 0.15) is 18.2 Å². The molecule has 0 aromatic heterocycles. The molecule has 2 aromatic carbocycles. The van der Waals surface area contributed by atoms with Crippen LogP contribution in [0.15, 0.2) is 48.5 Å². The molecule has 0 radical (unpaired) electrons. The Balaban J connectivity index is 1.20. The predicted octanol–water partition coefficient (Wildman–Crippen LogP) is 4.66. The number of carbonyl (C=O) groups excluding carboxylic acids is 4. The van der Waals surface area contributed by atoms with Gasteiger partial charge in [0.05, 0.1) is 0 Å². The molecule has 42 heavy (non-hydrogen) atoms. The molecule has 2 aliphatic rings. The lowest BCUT2D eigenvalue weighted by Gasteiger charge is -2.35. The van der Waals surface area contributed by atoms with Crippen LogP contribution in [0.2, 0.25) is 0 Å². The zero-order valence-electron chi connectivity index (χ0n) is 24.3. The summed E-state index contributed by atoms with van der Waals surface area (Å²) in [5, 5.41) is 5.51. The van der Waals surface area contributed by atoms with Crippen LogP contribution < -0.4 is 10.6 Å². The SMILES string of the molecule is CC(C)(C)OC(=O)N1CCSCC1C(=O)NCCCC[C@H](NC(=O)OCC1c2ccccc2-c2ccccc21)OC=O. The third kappa shape index (κ3) is 8.18. The molecule has 0 saturated carbocycles. The van der Waals surface area contributed by atoms with Gasteiger partial charge in [-0.2, -0.15) is 11.8 Å². The van der Waals surface area contributed by atoms with Gasteiger partial charge < -0.3 is 19.5 Å². The van der Waals surface area contributed by atoms with Gasteiger partial charge in [0, 0.05) is 36.9 Å². The molecule has 1 fully saturated rings. The van der Waals surface area contributed by atoms with Crippen LogP contribution in [0.1, 0.15) is 57.1 Å². The molecule has 2 aromatic rings. The lowest BCUT2D eigenvalue weighted by Crippen LogP contribution is -2.55. The maximum Gasteiger partial charge on any atom is 0.411 e. The van der Waals surface area contributed by atoms with Crippen LogP contribution in [0.3, 0.4) is 0 Å². The van der Waals surface area contributed by atoms with E-state index in [1.54, 1.807) is 32.5 Å². The van der Waals surface area contributed by atoms with E-state index in [4.69, 9.17) is 14.2 Å². The topological polar surface area (TPSA) is 123 Å². The first-order chi connectivity index (χ1) is 20.2. The number of ether oxygens (including phenoxy) is 3. The smallest absolute Gasteiger partial charge is 0.411 e. The highest BCUT2D eigenvalue weighted by atomic mass is 32.2. The zero-order valence-corrected chi connectivity index (χ0v) is 25.1. The molecule has 1 aliphatic carbocycles. The number of alkyl carbamates (subject to hydrolysis) is 1. The normalized spacial score (nSPS) is 16.9. The van der Waals surface area contributed by atoms with Crippen molar-refractivity contribution in [3.8, 4) is 11.1 Å². The van der Waals surface area contributed by atoms with Crippen molar-refractivity contribution < 1.29 is 33.4 Å². The molecule has 0 bridgehead atoms. The van der Waals surface area contributed by atoms with Gasteiger partial charge in [0.25, 0.3) is 6.47 Å². The summed E-state index contributed by atoms with van der Waals surface area (Å²) >= 11 is 1.62. The van der Waals surface area contributed by atoms with E-state index < -0.39 is 30.1 Å². The molecule has 0 spiro atoms. The molecule has 10 nitrogen and oxygen atoms in total. The molecule has 226 valence electrons. The zero-order chi connectivity index (χ0) is 30.1. The van der Waals surface area contributed by atoms with Crippen molar-refractivity contribution in [2.24, 2.45) is 0 Å². The van der Waals surface area contributed by atoms with Crippen LogP contribution in [0.5, 0.6) is 0 Å². The van der Waals surface area contributed by atoms with Crippen LogP contribution in [-0.4, -0.2) is 78.5 Å². The Morgan fingerprint density at radius 3 is 2.36 bits per heavy atom. The molecule has 11 heteroatoms. The summed E-state index contributed by atoms with van der Waals surface area (Å²) in [5.41, 5.74) is 3.84. The fraction of sp³-hybridized carbons (Fsp3) is 0.484. The Hall–Kier alpha value is -3.73. The standard InChI is InChI=1S/C31H39N3O7S/c1-31(2,3)41-30(38)34-16-17-42-19-26(34)28(36)32-15-9-8-14-27(40-20-35)33-29(37)39-18-25-23-12-6-4-10-21(23)22-11-5-7-13-24(22)25/h4-7,10-13,20,25-27H,8-9,14-19H2,1-3H3,(H,32,36)(H,33,37)/t26?,27-/m1/s1. The largest absolute Gasteiger partial charge is 0.448 e. The summed E-state index contributed by atoms with van der Waals surface area (Å²) in [7, 11) is 0. The van der Waals surface area contributed by atoms with E-state index in [0.717, 1.165) is 28.0 Å². The van der Waals surface area contributed by atoms with Gasteiger partial charge in [-0.25, -0.2) is 9.59 Å². The first-order valence-corrected chi connectivity index (χ1v) is 15.4. The van der Waals surface area contributed by atoms with E-state index >= 15 is 0 Å². The average Bonchev–Trinajstić information content (AvgIpc) is 3.28. The second-order valence-electron chi connectivity index (χ2n) is 11.2. The maximum absolute atomic E-state index is 12.8. The number of amides is 3. The molecular weight excluding hydrogens is 558 g/mol. The second kappa shape index (κ2) is 14.4. The number of carbonyl (C=O) groups is 4. The van der Waals surface area contributed by atoms with Crippen LogP contribution in [0, 0.1) is 0 Å². The van der Waals surface area contributed by atoms with Crippen molar-refractivity contribution in [1.29, 1.82) is 0 Å². The maximum atomic E-state index is 12.8. The number of thioether (sulfide) groups is 1. The van der Waals surface area contributed by atoms with Crippen LogP contribution >= 0.6 is 11.8 Å². The van der Waals surface area contributed by atoms with Gasteiger partial charge >= 0.3 is 12.2 Å². The average molecular weight is 598 g/mol. The fourth-order valence-electron chi connectivity index (χ4n) is 5.16. The third-order valence-electron chi connectivity index (χ3n) is 7.09. The van der Waals surface area contributed by atoms with Crippen molar-refractivity contribution in [3.05, 3.63) is 59.7 Å². The second-order valence-corrected chi connectivity index (χ2v) is 12.4. The highest BCUT2D eigenvalue weighted by molar-refractivity contribution is 7.99. The fourth-order valence-corrected chi connectivity index (χ4v) is 6.20. The van der Waals surface area contributed by atoms with E-state index in [-0.39, 0.29) is 18.4 Å². The molecule has 1 aliphatic heterocycles. The Morgan fingerprint density at radius 1 is 1.05 bits per heavy atom. The summed E-state index contributed by atoms with van der Waals surface area (Å²) in [6.07, 6.45) is -0.514. The van der Waals surface area contributed by atoms with Gasteiger partial charge in [-0.15, -0.1) is 0 Å². The highest BCUT2D eigenvalue weighted by Gasteiger charge is 2.35. The minimum Gasteiger partial charge on any atom is -0.448 e. The minimum absolute atomic E-state index is 0.0778. The first kappa shape index (κ1) is 31.2. The molecule has 2 N–H and O–H groups in total. The number of nitrogens with zero attached hydrogens (tertiary/aromatic N) is 1. The predicted molar refractivity (Wildman–Crippen MR) is 160 cm³/mol. The first-order valence-electron chi connectivity index (χ1n) is 14.2. The van der Waals surface area contributed by atoms with Crippen molar-refractivity contribution in [1.82, 2.24) is 15.5 Å². The molecule has 1 heterocycles. The molecule has 3 amide bonds. The van der Waals surface area contributed by atoms with Gasteiger partial charge in [0.15, 0.2) is 6.23 Å². The lowest BCUT2D eigenvalue weighted by atomic mass is 9.98. The Morgan fingerprint density at radius 2 is 1.71 bits per heavy atom. The summed E-state index contributed by atoms with van der Waals surface area (Å²) in [6, 6.07) is 15.5. The number of hydrogen-bond acceptors (Lipinski definition) is 8. The van der Waals surface area contributed by atoms with Crippen molar-refractivity contribution >= 4 is 36.3 Å². The van der Waals surface area contributed by atoms with Gasteiger partial charge in [-0.1, -0.05) is 48.5 Å². The van der Waals surface area contributed by atoms with Crippen molar-refractivity contribution in [2.45, 2.75) is 63.8 Å². The number of fused-ring (bicyclic) bond motifs is 3. The quantitative estimate of drug-likeness (QED) is 0.166. The van der Waals surface area contributed by atoms with E-state index in [1.807, 2.05) is 36.4 Å². The number of rotatable bonds is 11. The van der Waals surface area contributed by atoms with Gasteiger partial charge in [-0.05, 0) is 55.9 Å². The van der Waals surface area contributed by atoms with Crippen LogP contribution in [0.25, 0.3) is 11.1 Å². The van der Waals surface area contributed by atoms with E-state index in [1.165, 1.54) is 4.90 Å². The number of nitrogens with one attached hydrogen (secondary N) is 2. The summed E-state index contributed by atoms with van der Waals surface area (Å²) in [6.45, 7) is 6.65. The molecule has 2 atom stereocenters. The number of benzene rings is 2. The molecule has 1 saturated heterocycles. The number of hydrogen-bond donors (Lipinski definition) is 2. The van der Waals surface area contributed by atoms with Crippen LogP contribution in [0.4, 0.5) is 9.59 Å². The van der Waals surface area contributed by atoms with E-state index in [0.29, 0.717) is 44.6 Å². The molecular formula is C31H39N3O7S. The van der Waals surface area contributed by atoms with Crippen molar-refractivity contribution in [2.75, 3.05) is 31.2 Å². The summed E-state index contributed by atoms with van der Waals surface area (Å²) in [5.74, 6) is 0.943. The summed E-state index contributed by atoms with van der Waals surface area (Å²) < 4.78 is 16.1. The Bertz CT molecular complexity index is 1220. The van der Waals surface area contributed by atoms with Crippen LogP contribution in [-0.2, 0) is 23.8 Å². The Kier molecular flexibility index (Phi) is 10.7. The summed E-state index contributed by atoms with van der Waals surface area (Å²) in [4.78, 5) is 50.6. The van der Waals surface area contributed by atoms with E-state index in [9.17, 15) is 19.2 Å². The highest BCUT2D eigenvalue weighted by Crippen LogP contribution is 2.44.